The average molecular weight is 289 g/mol. The number of nitrogens with one attached hydrogen (secondary N) is 1. The first-order chi connectivity index (χ1) is 9.90. The van der Waals surface area contributed by atoms with Crippen molar-refractivity contribution >= 4 is 5.91 Å². The molecule has 21 heavy (non-hydrogen) atoms. The number of nitrogens with zero attached hydrogens (tertiary/aromatic N) is 4. The largest absolute Gasteiger partial charge is 0.354 e. The van der Waals surface area contributed by atoms with E-state index in [0.29, 0.717) is 11.5 Å². The molecule has 2 aromatic rings. The minimum atomic E-state index is -0.135. The van der Waals surface area contributed by atoms with Crippen LogP contribution in [0.3, 0.4) is 0 Å². The van der Waals surface area contributed by atoms with Crippen LogP contribution in [0.4, 0.5) is 0 Å². The molecule has 2 rings (SSSR count). The van der Waals surface area contributed by atoms with E-state index in [1.165, 1.54) is 6.33 Å². The van der Waals surface area contributed by atoms with Crippen LogP contribution in [0.1, 0.15) is 48.2 Å². The number of carbonyl (C=O) groups is 1. The van der Waals surface area contributed by atoms with E-state index in [2.05, 4.69) is 29.2 Å². The highest BCUT2D eigenvalue weighted by atomic mass is 16.1. The normalized spacial score (nSPS) is 12.7. The van der Waals surface area contributed by atoms with Crippen LogP contribution in [-0.2, 0) is 14.1 Å². The monoisotopic (exact) mass is 289 g/mol. The van der Waals surface area contributed by atoms with Crippen LogP contribution in [0.5, 0.6) is 0 Å². The van der Waals surface area contributed by atoms with E-state index in [1.54, 1.807) is 4.68 Å². The van der Waals surface area contributed by atoms with Crippen molar-refractivity contribution in [1.29, 1.82) is 0 Å². The SMILES string of the molecule is Cc1c(C(=O)N[C@@H](CC(C)C)c2ncnn2C)ccn1C. The zero-order valence-electron chi connectivity index (χ0n) is 13.3. The van der Waals surface area contributed by atoms with Crippen LogP contribution in [0, 0.1) is 12.8 Å². The van der Waals surface area contributed by atoms with Gasteiger partial charge in [-0.3, -0.25) is 9.48 Å². The second-order valence-electron chi connectivity index (χ2n) is 5.82. The molecule has 0 fully saturated rings. The number of hydrogen-bond donors (Lipinski definition) is 1. The molecule has 2 aromatic heterocycles. The van der Waals surface area contributed by atoms with Gasteiger partial charge in [-0.25, -0.2) is 4.98 Å². The lowest BCUT2D eigenvalue weighted by atomic mass is 10.0. The molecular weight excluding hydrogens is 266 g/mol. The molecule has 0 unspecified atom stereocenters. The number of aromatic nitrogens is 4. The Morgan fingerprint density at radius 3 is 2.57 bits per heavy atom. The summed E-state index contributed by atoms with van der Waals surface area (Å²) < 4.78 is 3.65. The fraction of sp³-hybridized carbons (Fsp3) is 0.533. The van der Waals surface area contributed by atoms with Gasteiger partial charge in [0.05, 0.1) is 11.6 Å². The fourth-order valence-corrected chi connectivity index (χ4v) is 2.41. The number of aryl methyl sites for hydroxylation is 2. The summed E-state index contributed by atoms with van der Waals surface area (Å²) in [6, 6.07) is 1.71. The van der Waals surface area contributed by atoms with Gasteiger partial charge in [0.15, 0.2) is 0 Å². The molecule has 114 valence electrons. The van der Waals surface area contributed by atoms with Gasteiger partial charge in [0.2, 0.25) is 0 Å². The van der Waals surface area contributed by atoms with Gasteiger partial charge in [-0.15, -0.1) is 0 Å². The van der Waals surface area contributed by atoms with Crippen molar-refractivity contribution in [3.8, 4) is 0 Å². The Hall–Kier alpha value is -2.11. The summed E-state index contributed by atoms with van der Waals surface area (Å²) in [6.07, 6.45) is 4.23. The Bertz CT molecular complexity index is 626. The molecule has 0 radical (unpaired) electrons. The topological polar surface area (TPSA) is 64.7 Å². The Labute approximate surface area is 125 Å². The summed E-state index contributed by atoms with van der Waals surface area (Å²) in [5, 5.41) is 7.18. The maximum atomic E-state index is 12.5. The quantitative estimate of drug-likeness (QED) is 0.915. The van der Waals surface area contributed by atoms with Crippen molar-refractivity contribution in [2.24, 2.45) is 20.0 Å². The van der Waals surface area contributed by atoms with E-state index in [4.69, 9.17) is 0 Å². The molecule has 6 nitrogen and oxygen atoms in total. The third-order valence-electron chi connectivity index (χ3n) is 3.70. The highest BCUT2D eigenvalue weighted by molar-refractivity contribution is 5.95. The first-order valence-electron chi connectivity index (χ1n) is 7.16. The van der Waals surface area contributed by atoms with Crippen LogP contribution in [-0.4, -0.2) is 25.2 Å². The maximum absolute atomic E-state index is 12.5. The van der Waals surface area contributed by atoms with E-state index >= 15 is 0 Å². The van der Waals surface area contributed by atoms with Gasteiger partial charge in [-0.2, -0.15) is 5.10 Å². The molecule has 6 heteroatoms. The summed E-state index contributed by atoms with van der Waals surface area (Å²) in [5.74, 6) is 1.16. The van der Waals surface area contributed by atoms with Crippen molar-refractivity contribution < 1.29 is 4.79 Å². The molecule has 0 bridgehead atoms. The van der Waals surface area contributed by atoms with Crippen molar-refractivity contribution in [2.45, 2.75) is 33.2 Å². The van der Waals surface area contributed by atoms with Crippen molar-refractivity contribution in [3.63, 3.8) is 0 Å². The van der Waals surface area contributed by atoms with E-state index in [-0.39, 0.29) is 11.9 Å². The van der Waals surface area contributed by atoms with Crippen molar-refractivity contribution in [1.82, 2.24) is 24.6 Å². The van der Waals surface area contributed by atoms with Gasteiger partial charge in [0, 0.05) is 26.0 Å². The van der Waals surface area contributed by atoms with Gasteiger partial charge in [-0.05, 0) is 25.3 Å². The Morgan fingerprint density at radius 1 is 1.38 bits per heavy atom. The number of rotatable bonds is 5. The zero-order chi connectivity index (χ0) is 15.6. The lowest BCUT2D eigenvalue weighted by molar-refractivity contribution is 0.0928. The number of carbonyl (C=O) groups excluding carboxylic acids is 1. The van der Waals surface area contributed by atoms with Crippen molar-refractivity contribution in [3.05, 3.63) is 35.7 Å². The van der Waals surface area contributed by atoms with E-state index < -0.39 is 0 Å². The number of amides is 1. The second kappa shape index (κ2) is 6.11. The lowest BCUT2D eigenvalue weighted by Crippen LogP contribution is -2.31. The van der Waals surface area contributed by atoms with Gasteiger partial charge in [-0.1, -0.05) is 13.8 Å². The van der Waals surface area contributed by atoms with Crippen LogP contribution >= 0.6 is 0 Å². The molecule has 1 N–H and O–H groups in total. The minimum Gasteiger partial charge on any atom is -0.354 e. The lowest BCUT2D eigenvalue weighted by Gasteiger charge is -2.19. The maximum Gasteiger partial charge on any atom is 0.253 e. The summed E-state index contributed by atoms with van der Waals surface area (Å²) in [4.78, 5) is 16.8. The van der Waals surface area contributed by atoms with Gasteiger partial charge in [0.25, 0.3) is 5.91 Å². The summed E-state index contributed by atoms with van der Waals surface area (Å²) in [6.45, 7) is 6.20. The van der Waals surface area contributed by atoms with Crippen molar-refractivity contribution in [2.75, 3.05) is 0 Å². The first-order valence-corrected chi connectivity index (χ1v) is 7.16. The predicted octanol–water partition coefficient (Wildman–Crippen LogP) is 1.98. The first kappa shape index (κ1) is 15.3. The minimum absolute atomic E-state index is 0.0678. The molecule has 0 aliphatic rings. The molecule has 0 aliphatic carbocycles. The average Bonchev–Trinajstić information content (AvgIpc) is 2.96. The van der Waals surface area contributed by atoms with Gasteiger partial charge >= 0.3 is 0 Å². The second-order valence-corrected chi connectivity index (χ2v) is 5.82. The Kier molecular flexibility index (Phi) is 4.45. The fourth-order valence-electron chi connectivity index (χ4n) is 2.41. The Morgan fingerprint density at radius 2 is 2.10 bits per heavy atom. The molecule has 1 atom stereocenters. The summed E-state index contributed by atoms with van der Waals surface area (Å²) >= 11 is 0. The molecule has 0 saturated carbocycles. The predicted molar refractivity (Wildman–Crippen MR) is 80.8 cm³/mol. The van der Waals surface area contributed by atoms with Gasteiger partial charge < -0.3 is 9.88 Å². The van der Waals surface area contributed by atoms with E-state index in [9.17, 15) is 4.79 Å². The molecule has 0 spiro atoms. The Balaban J connectivity index is 2.21. The van der Waals surface area contributed by atoms with E-state index in [1.807, 2.05) is 37.8 Å². The third-order valence-corrected chi connectivity index (χ3v) is 3.70. The molecule has 0 aromatic carbocycles. The highest BCUT2D eigenvalue weighted by Gasteiger charge is 2.22. The van der Waals surface area contributed by atoms with Crippen LogP contribution in [0.2, 0.25) is 0 Å². The molecule has 0 saturated heterocycles. The van der Waals surface area contributed by atoms with Gasteiger partial charge in [0.1, 0.15) is 12.2 Å². The highest BCUT2D eigenvalue weighted by Crippen LogP contribution is 2.20. The third kappa shape index (κ3) is 3.32. The van der Waals surface area contributed by atoms with Crippen LogP contribution in [0.15, 0.2) is 18.6 Å². The zero-order valence-corrected chi connectivity index (χ0v) is 13.3. The molecule has 1 amide bonds. The molecule has 2 heterocycles. The smallest absolute Gasteiger partial charge is 0.253 e. The molecule has 0 aliphatic heterocycles. The molecular formula is C15H23N5O. The number of hydrogen-bond acceptors (Lipinski definition) is 3. The summed E-state index contributed by atoms with van der Waals surface area (Å²) in [7, 11) is 3.77. The standard InChI is InChI=1S/C15H23N5O/c1-10(2)8-13(14-16-9-17-20(14)5)18-15(21)12-6-7-19(4)11(12)3/h6-7,9-10,13H,8H2,1-5H3,(H,18,21)/t13-/m0/s1. The van der Waals surface area contributed by atoms with Crippen LogP contribution < -0.4 is 5.32 Å². The summed E-state index contributed by atoms with van der Waals surface area (Å²) in [5.41, 5.74) is 1.65. The van der Waals surface area contributed by atoms with E-state index in [0.717, 1.165) is 17.9 Å². The van der Waals surface area contributed by atoms with Crippen LogP contribution in [0.25, 0.3) is 0 Å².